The zero-order chi connectivity index (χ0) is 37.8. The SMILES string of the molecule is CC(C)[C@H](CC(=O)C[C@H](C(=O)N1C[C@]2(C[C@H]1C(=O)CC(CC1CCC1)C(=O)C(N)=O)C(C)(C)C21CCC1)C(C)(C)C)CN1C[C@@H](C)N(C)[C@@H](C)C1. The van der Waals surface area contributed by atoms with Gasteiger partial charge < -0.3 is 10.6 Å². The van der Waals surface area contributed by atoms with E-state index in [0.29, 0.717) is 49.7 Å². The molecule has 0 aromatic rings. The molecule has 2 spiro atoms. The average molecular weight is 711 g/mol. The van der Waals surface area contributed by atoms with Crippen molar-refractivity contribution >= 4 is 29.2 Å². The summed E-state index contributed by atoms with van der Waals surface area (Å²) < 4.78 is 0. The lowest BCUT2D eigenvalue weighted by atomic mass is 9.73. The Labute approximate surface area is 308 Å². The number of likely N-dealkylation sites (tertiary alicyclic amines) is 1. The first-order valence-electron chi connectivity index (χ1n) is 20.3. The van der Waals surface area contributed by atoms with Crippen molar-refractivity contribution in [2.45, 2.75) is 151 Å². The Balaban J connectivity index is 1.36. The van der Waals surface area contributed by atoms with E-state index in [1.54, 1.807) is 0 Å². The minimum Gasteiger partial charge on any atom is -0.363 e. The predicted molar refractivity (Wildman–Crippen MR) is 201 cm³/mol. The zero-order valence-electron chi connectivity index (χ0n) is 33.7. The van der Waals surface area contributed by atoms with E-state index in [-0.39, 0.29) is 52.5 Å². The van der Waals surface area contributed by atoms with Crippen molar-refractivity contribution in [3.05, 3.63) is 0 Å². The van der Waals surface area contributed by atoms with Crippen LogP contribution in [0.15, 0.2) is 0 Å². The molecule has 5 aliphatic rings. The number of amides is 2. The molecule has 9 heteroatoms. The largest absolute Gasteiger partial charge is 0.363 e. The predicted octanol–water partition coefficient (Wildman–Crippen LogP) is 5.91. The van der Waals surface area contributed by atoms with Crippen molar-refractivity contribution < 1.29 is 24.0 Å². The number of hydrogen-bond acceptors (Lipinski definition) is 7. The minimum atomic E-state index is -0.984. The first-order valence-corrected chi connectivity index (χ1v) is 20.3. The lowest BCUT2D eigenvalue weighted by Gasteiger charge is -2.44. The topological polar surface area (TPSA) is 121 Å². The molecule has 0 aromatic heterocycles. The van der Waals surface area contributed by atoms with E-state index in [2.05, 4.69) is 58.4 Å². The molecule has 2 saturated heterocycles. The van der Waals surface area contributed by atoms with Crippen LogP contribution in [0.4, 0.5) is 0 Å². The third-order valence-corrected chi connectivity index (χ3v) is 15.5. The smallest absolute Gasteiger partial charge is 0.285 e. The van der Waals surface area contributed by atoms with Crippen molar-refractivity contribution in [1.82, 2.24) is 14.7 Å². The molecule has 2 amide bonds. The quantitative estimate of drug-likeness (QED) is 0.210. The molecule has 5 fully saturated rings. The summed E-state index contributed by atoms with van der Waals surface area (Å²) in [5.74, 6) is -2.23. The van der Waals surface area contributed by atoms with Gasteiger partial charge in [-0.25, -0.2) is 0 Å². The Morgan fingerprint density at radius 3 is 1.94 bits per heavy atom. The minimum absolute atomic E-state index is 0.00399. The number of Topliss-reactive ketones (excluding diaryl/α,β-unsaturated/α-hetero) is 3. The van der Waals surface area contributed by atoms with Gasteiger partial charge in [0.25, 0.3) is 5.91 Å². The Kier molecular flexibility index (Phi) is 11.5. The van der Waals surface area contributed by atoms with Gasteiger partial charge in [-0.15, -0.1) is 0 Å². The van der Waals surface area contributed by atoms with Crippen LogP contribution in [0, 0.1) is 51.2 Å². The highest BCUT2D eigenvalue weighted by atomic mass is 16.2. The maximum atomic E-state index is 15.0. The molecule has 5 rings (SSSR count). The van der Waals surface area contributed by atoms with E-state index in [1.807, 2.05) is 25.7 Å². The molecule has 0 bridgehead atoms. The summed E-state index contributed by atoms with van der Waals surface area (Å²) in [6.07, 6.45) is 8.09. The summed E-state index contributed by atoms with van der Waals surface area (Å²) >= 11 is 0. The fraction of sp³-hybridized carbons (Fsp3) is 0.881. The maximum absolute atomic E-state index is 15.0. The van der Waals surface area contributed by atoms with Gasteiger partial charge in [0.05, 0.1) is 6.04 Å². The molecule has 51 heavy (non-hydrogen) atoms. The average Bonchev–Trinajstić information content (AvgIpc) is 3.20. The Morgan fingerprint density at radius 2 is 1.49 bits per heavy atom. The van der Waals surface area contributed by atoms with Gasteiger partial charge >= 0.3 is 0 Å². The zero-order valence-corrected chi connectivity index (χ0v) is 33.7. The standard InChI is InChI=1S/C42H70N4O5/c1-26(2)31(24-45-22-27(3)44(10)28(4)23-45)18-32(47)20-33(39(5,6)7)38(51)46-25-42(40(8,9)41(42)15-12-16-41)21-34(46)35(48)19-30(36(49)37(43)50)17-29-13-11-14-29/h26-31,33-34H,11-25H2,1-10H3,(H2,43,50)/t27-,28+,30?,31-,33-,34+,42-/m1/s1. The van der Waals surface area contributed by atoms with Crippen LogP contribution in [-0.2, 0) is 24.0 Å². The van der Waals surface area contributed by atoms with Gasteiger partial charge in [0.1, 0.15) is 5.78 Å². The molecule has 2 aliphatic heterocycles. The van der Waals surface area contributed by atoms with Gasteiger partial charge in [0, 0.05) is 74.8 Å². The molecule has 0 aromatic carbocycles. The van der Waals surface area contributed by atoms with Crippen LogP contribution >= 0.6 is 0 Å². The third kappa shape index (κ3) is 7.37. The van der Waals surface area contributed by atoms with Gasteiger partial charge in [-0.1, -0.05) is 74.1 Å². The van der Waals surface area contributed by atoms with E-state index < -0.39 is 35.0 Å². The second kappa shape index (κ2) is 14.6. The van der Waals surface area contributed by atoms with Crippen molar-refractivity contribution in [3.8, 4) is 0 Å². The monoisotopic (exact) mass is 711 g/mol. The van der Waals surface area contributed by atoms with E-state index in [4.69, 9.17) is 5.73 Å². The number of hydrogen-bond donors (Lipinski definition) is 1. The highest BCUT2D eigenvalue weighted by Crippen LogP contribution is 2.88. The van der Waals surface area contributed by atoms with Crippen LogP contribution in [0.25, 0.3) is 0 Å². The number of fused-ring (bicyclic) bond motifs is 1. The van der Waals surface area contributed by atoms with E-state index in [1.165, 1.54) is 0 Å². The molecule has 7 atom stereocenters. The van der Waals surface area contributed by atoms with Crippen molar-refractivity contribution in [2.75, 3.05) is 33.2 Å². The summed E-state index contributed by atoms with van der Waals surface area (Å²) in [4.78, 5) is 75.3. The molecule has 9 nitrogen and oxygen atoms in total. The van der Waals surface area contributed by atoms with Crippen molar-refractivity contribution in [1.29, 1.82) is 0 Å². The summed E-state index contributed by atoms with van der Waals surface area (Å²) in [5, 5.41) is 0. The van der Waals surface area contributed by atoms with Crippen LogP contribution < -0.4 is 5.73 Å². The Morgan fingerprint density at radius 1 is 0.882 bits per heavy atom. The fourth-order valence-corrected chi connectivity index (χ4v) is 11.2. The number of piperazine rings is 1. The second-order valence-corrected chi connectivity index (χ2v) is 19.9. The summed E-state index contributed by atoms with van der Waals surface area (Å²) in [5.41, 5.74) is 4.95. The molecular weight excluding hydrogens is 640 g/mol. The van der Waals surface area contributed by atoms with Gasteiger partial charge in [-0.05, 0) is 80.6 Å². The van der Waals surface area contributed by atoms with E-state index in [0.717, 1.165) is 58.2 Å². The molecule has 0 radical (unpaired) electrons. The first-order chi connectivity index (χ1) is 23.7. The number of rotatable bonds is 15. The van der Waals surface area contributed by atoms with Gasteiger partial charge in [0.15, 0.2) is 5.78 Å². The highest BCUT2D eigenvalue weighted by molar-refractivity contribution is 6.36. The summed E-state index contributed by atoms with van der Waals surface area (Å²) in [6, 6.07) is 0.251. The molecular formula is C42H70N4O5. The van der Waals surface area contributed by atoms with Crippen molar-refractivity contribution in [3.63, 3.8) is 0 Å². The van der Waals surface area contributed by atoms with Crippen LogP contribution in [0.5, 0.6) is 0 Å². The maximum Gasteiger partial charge on any atom is 0.285 e. The molecule has 288 valence electrons. The van der Waals surface area contributed by atoms with E-state index >= 15 is 0 Å². The van der Waals surface area contributed by atoms with Crippen molar-refractivity contribution in [2.24, 2.45) is 57.0 Å². The normalized spacial score (nSPS) is 30.9. The summed E-state index contributed by atoms with van der Waals surface area (Å²) in [7, 11) is 2.19. The van der Waals surface area contributed by atoms with Gasteiger partial charge in [-0.2, -0.15) is 0 Å². The molecule has 2 heterocycles. The highest BCUT2D eigenvalue weighted by Gasteiger charge is 2.85. The van der Waals surface area contributed by atoms with E-state index in [9.17, 15) is 24.0 Å². The molecule has 3 saturated carbocycles. The third-order valence-electron chi connectivity index (χ3n) is 15.5. The van der Waals surface area contributed by atoms with Crippen LogP contribution in [0.1, 0.15) is 133 Å². The molecule has 1 unspecified atom stereocenters. The number of nitrogens with two attached hydrogens (primary N) is 1. The van der Waals surface area contributed by atoms with Gasteiger partial charge in [-0.3, -0.25) is 33.8 Å². The number of likely N-dealkylation sites (N-methyl/N-ethyl adjacent to an activating group) is 1. The molecule has 3 aliphatic carbocycles. The Bertz CT molecular complexity index is 1350. The number of ketones is 3. The molecule has 2 N–H and O–H groups in total. The van der Waals surface area contributed by atoms with Crippen LogP contribution in [0.3, 0.4) is 0 Å². The van der Waals surface area contributed by atoms with Crippen LogP contribution in [0.2, 0.25) is 0 Å². The van der Waals surface area contributed by atoms with Gasteiger partial charge in [0.2, 0.25) is 11.7 Å². The lowest BCUT2D eigenvalue weighted by molar-refractivity contribution is -0.147. The first kappa shape index (κ1) is 40.1. The van der Waals surface area contributed by atoms with Crippen LogP contribution in [-0.4, -0.2) is 95.2 Å². The lowest BCUT2D eigenvalue weighted by Crippen LogP contribution is -2.56. The fourth-order valence-electron chi connectivity index (χ4n) is 11.2. The summed E-state index contributed by atoms with van der Waals surface area (Å²) in [6.45, 7) is 23.0. The Hall–Kier alpha value is -2.13. The number of nitrogens with zero attached hydrogens (tertiary/aromatic N) is 3. The number of primary amides is 1. The number of carbonyl (C=O) groups excluding carboxylic acids is 5. The second-order valence-electron chi connectivity index (χ2n) is 19.9. The number of carbonyl (C=O) groups is 5.